The maximum Gasteiger partial charge on any atom is 0.322 e. The number of rotatable bonds is 18. The van der Waals surface area contributed by atoms with E-state index in [1.165, 1.54) is 64.2 Å². The number of carbonyl (C=O) groups excluding carboxylic acids is 1. The van der Waals surface area contributed by atoms with Crippen LogP contribution in [0, 0.1) is 0 Å². The summed E-state index contributed by atoms with van der Waals surface area (Å²) >= 11 is 0. The fourth-order valence-electron chi connectivity index (χ4n) is 2.80. The van der Waals surface area contributed by atoms with Gasteiger partial charge in [-0.15, -0.1) is 0 Å². The largest absolute Gasteiger partial charge is 0.480 e. The Morgan fingerprint density at radius 2 is 1.24 bits per heavy atom. The lowest BCUT2D eigenvalue weighted by Crippen LogP contribution is -2.28. The number of amides is 1. The van der Waals surface area contributed by atoms with Gasteiger partial charge in [0.15, 0.2) is 0 Å². The summed E-state index contributed by atoms with van der Waals surface area (Å²) in [6.45, 7) is 1.98. The summed E-state index contributed by atoms with van der Waals surface area (Å²) < 4.78 is 0. The van der Waals surface area contributed by atoms with Crippen LogP contribution in [-0.4, -0.2) is 23.5 Å². The van der Waals surface area contributed by atoms with Gasteiger partial charge in [0.2, 0.25) is 5.91 Å². The highest BCUT2D eigenvalue weighted by atomic mass is 16.4. The number of unbranched alkanes of at least 4 members (excludes halogenated alkanes) is 12. The lowest BCUT2D eigenvalue weighted by atomic mass is 10.1. The Morgan fingerprint density at radius 3 is 1.76 bits per heavy atom. The topological polar surface area (TPSA) is 66.4 Å². The molecule has 0 heterocycles. The lowest BCUT2D eigenvalue weighted by molar-refractivity contribution is -0.137. The van der Waals surface area contributed by atoms with Gasteiger partial charge in [0.05, 0.1) is 0 Å². The Balaban J connectivity index is 3.20. The van der Waals surface area contributed by atoms with Gasteiger partial charge in [0, 0.05) is 6.42 Å². The quantitative estimate of drug-likeness (QED) is 0.248. The minimum absolute atomic E-state index is 0.157. The van der Waals surface area contributed by atoms with E-state index < -0.39 is 5.97 Å². The highest BCUT2D eigenvalue weighted by molar-refractivity contribution is 5.80. The molecule has 0 aromatic rings. The third kappa shape index (κ3) is 20.6. The number of carbonyl (C=O) groups is 2. The number of carboxylic acid groups (broad SMARTS) is 1. The molecular weight excluding hydrogens is 314 g/mol. The van der Waals surface area contributed by atoms with Gasteiger partial charge in [-0.1, -0.05) is 76.9 Å². The van der Waals surface area contributed by atoms with Gasteiger partial charge in [-0.05, 0) is 32.1 Å². The molecule has 0 saturated carbocycles. The van der Waals surface area contributed by atoms with E-state index in [9.17, 15) is 9.59 Å². The Morgan fingerprint density at radius 1 is 0.760 bits per heavy atom. The summed E-state index contributed by atoms with van der Waals surface area (Å²) in [7, 11) is 0. The minimum atomic E-state index is -0.992. The van der Waals surface area contributed by atoms with Crippen molar-refractivity contribution >= 4 is 11.9 Å². The van der Waals surface area contributed by atoms with Gasteiger partial charge >= 0.3 is 5.97 Å². The summed E-state index contributed by atoms with van der Waals surface area (Å²) in [5.41, 5.74) is 0. The second-order valence-corrected chi connectivity index (χ2v) is 6.86. The van der Waals surface area contributed by atoms with Crippen molar-refractivity contribution in [2.45, 2.75) is 103 Å². The molecule has 25 heavy (non-hydrogen) atoms. The van der Waals surface area contributed by atoms with Crippen LogP contribution in [0.1, 0.15) is 103 Å². The minimum Gasteiger partial charge on any atom is -0.480 e. The van der Waals surface area contributed by atoms with E-state index in [1.54, 1.807) is 0 Å². The first-order chi connectivity index (χ1) is 12.2. The van der Waals surface area contributed by atoms with E-state index in [2.05, 4.69) is 24.4 Å². The molecule has 0 rings (SSSR count). The summed E-state index contributed by atoms with van der Waals surface area (Å²) in [6, 6.07) is 0. The second-order valence-electron chi connectivity index (χ2n) is 6.86. The van der Waals surface area contributed by atoms with Gasteiger partial charge in [0.25, 0.3) is 0 Å². The van der Waals surface area contributed by atoms with Crippen LogP contribution >= 0.6 is 0 Å². The van der Waals surface area contributed by atoms with Gasteiger partial charge in [-0.2, -0.15) is 0 Å². The molecule has 0 bridgehead atoms. The van der Waals surface area contributed by atoms with Crippen molar-refractivity contribution in [3.05, 3.63) is 12.2 Å². The molecule has 0 unspecified atom stereocenters. The zero-order chi connectivity index (χ0) is 18.6. The molecule has 2 N–H and O–H groups in total. The molecule has 0 spiro atoms. The summed E-state index contributed by atoms with van der Waals surface area (Å²) in [5.74, 6) is -1.15. The van der Waals surface area contributed by atoms with Crippen molar-refractivity contribution in [3.8, 4) is 0 Å². The molecule has 0 aromatic carbocycles. The lowest BCUT2D eigenvalue weighted by Gasteiger charge is -2.02. The fourth-order valence-corrected chi connectivity index (χ4v) is 2.80. The van der Waals surface area contributed by atoms with E-state index in [4.69, 9.17) is 5.11 Å². The molecule has 146 valence electrons. The Kier molecular flexibility index (Phi) is 18.0. The normalized spacial score (nSPS) is 11.1. The van der Waals surface area contributed by atoms with E-state index in [-0.39, 0.29) is 12.5 Å². The number of aliphatic carboxylic acids is 1. The Bertz CT molecular complexity index is 353. The molecule has 0 aliphatic carbocycles. The molecule has 0 aromatic heterocycles. The van der Waals surface area contributed by atoms with Gasteiger partial charge in [-0.25, -0.2) is 0 Å². The van der Waals surface area contributed by atoms with Crippen molar-refractivity contribution in [3.63, 3.8) is 0 Å². The van der Waals surface area contributed by atoms with Crippen molar-refractivity contribution in [1.29, 1.82) is 0 Å². The van der Waals surface area contributed by atoms with E-state index in [0.29, 0.717) is 6.42 Å². The number of allylic oxidation sites excluding steroid dienone is 2. The first kappa shape index (κ1) is 23.7. The standard InChI is InChI=1S/C21H39NO3/c1-2-3-4-5-6-7-8-9-10-11-12-13-14-15-16-17-18-20(23)22-19-21(24)25/h10-11H,2-9,12-19H2,1H3,(H,22,23)(H,24,25). The molecule has 4 nitrogen and oxygen atoms in total. The molecule has 0 aliphatic heterocycles. The van der Waals surface area contributed by atoms with Crippen molar-refractivity contribution in [2.24, 2.45) is 0 Å². The summed E-state index contributed by atoms with van der Waals surface area (Å²) in [4.78, 5) is 21.6. The second kappa shape index (κ2) is 19.0. The first-order valence-corrected chi connectivity index (χ1v) is 10.3. The van der Waals surface area contributed by atoms with Crippen molar-refractivity contribution < 1.29 is 14.7 Å². The maximum absolute atomic E-state index is 11.3. The van der Waals surface area contributed by atoms with Gasteiger partial charge in [0.1, 0.15) is 6.54 Å². The van der Waals surface area contributed by atoms with Crippen LogP contribution in [0.25, 0.3) is 0 Å². The first-order valence-electron chi connectivity index (χ1n) is 10.3. The number of hydrogen-bond donors (Lipinski definition) is 2. The van der Waals surface area contributed by atoms with E-state index in [0.717, 1.165) is 25.7 Å². The predicted octanol–water partition coefficient (Wildman–Crippen LogP) is 5.61. The zero-order valence-corrected chi connectivity index (χ0v) is 16.2. The average Bonchev–Trinajstić information content (AvgIpc) is 2.59. The van der Waals surface area contributed by atoms with Crippen LogP contribution in [0.15, 0.2) is 12.2 Å². The third-order valence-corrected chi connectivity index (χ3v) is 4.35. The van der Waals surface area contributed by atoms with Gasteiger partial charge in [-0.3, -0.25) is 9.59 Å². The molecule has 4 heteroatoms. The molecule has 0 atom stereocenters. The van der Waals surface area contributed by atoms with Crippen LogP contribution < -0.4 is 5.32 Å². The number of hydrogen-bond acceptors (Lipinski definition) is 2. The van der Waals surface area contributed by atoms with Crippen molar-refractivity contribution in [1.82, 2.24) is 5.32 Å². The maximum atomic E-state index is 11.3. The number of carboxylic acids is 1. The fraction of sp³-hybridized carbons (Fsp3) is 0.810. The van der Waals surface area contributed by atoms with Crippen LogP contribution in [0.2, 0.25) is 0 Å². The molecular formula is C21H39NO3. The Labute approximate surface area is 154 Å². The molecule has 0 aliphatic rings. The smallest absolute Gasteiger partial charge is 0.322 e. The van der Waals surface area contributed by atoms with Crippen LogP contribution in [-0.2, 0) is 9.59 Å². The molecule has 0 radical (unpaired) electrons. The molecule has 1 amide bonds. The van der Waals surface area contributed by atoms with Crippen LogP contribution in [0.3, 0.4) is 0 Å². The summed E-state index contributed by atoms with van der Waals surface area (Å²) in [5, 5.41) is 10.8. The summed E-state index contributed by atoms with van der Waals surface area (Å²) in [6.07, 6.45) is 22.5. The third-order valence-electron chi connectivity index (χ3n) is 4.35. The number of nitrogens with one attached hydrogen (secondary N) is 1. The van der Waals surface area contributed by atoms with Crippen LogP contribution in [0.5, 0.6) is 0 Å². The van der Waals surface area contributed by atoms with Crippen molar-refractivity contribution in [2.75, 3.05) is 6.54 Å². The van der Waals surface area contributed by atoms with Gasteiger partial charge < -0.3 is 10.4 Å². The Hall–Kier alpha value is -1.32. The van der Waals surface area contributed by atoms with E-state index >= 15 is 0 Å². The monoisotopic (exact) mass is 353 g/mol. The van der Waals surface area contributed by atoms with E-state index in [1.807, 2.05) is 0 Å². The highest BCUT2D eigenvalue weighted by Gasteiger charge is 2.02. The molecule has 0 saturated heterocycles. The van der Waals surface area contributed by atoms with Crippen LogP contribution in [0.4, 0.5) is 0 Å². The average molecular weight is 354 g/mol. The molecule has 0 fully saturated rings. The SMILES string of the molecule is CCCCCCCCCC=CCCCCCCCC(=O)NCC(=O)O. The highest BCUT2D eigenvalue weighted by Crippen LogP contribution is 2.10. The zero-order valence-electron chi connectivity index (χ0n) is 16.2. The predicted molar refractivity (Wildman–Crippen MR) is 105 cm³/mol.